The summed E-state index contributed by atoms with van der Waals surface area (Å²) < 4.78 is 11.3. The van der Waals surface area contributed by atoms with Gasteiger partial charge in [0, 0.05) is 32.7 Å². The van der Waals surface area contributed by atoms with Crippen molar-refractivity contribution in [1.82, 2.24) is 16.0 Å². The lowest BCUT2D eigenvalue weighted by Gasteiger charge is -2.20. The van der Waals surface area contributed by atoms with Crippen molar-refractivity contribution in [2.24, 2.45) is 53.3 Å². The van der Waals surface area contributed by atoms with Crippen LogP contribution in [0.15, 0.2) is 0 Å². The molecule has 0 saturated heterocycles. The molecular weight excluding hydrogens is 839 g/mol. The second-order valence-electron chi connectivity index (χ2n) is 22.2. The molecule has 9 unspecified atom stereocenters. The van der Waals surface area contributed by atoms with E-state index in [-0.39, 0.29) is 67.9 Å². The summed E-state index contributed by atoms with van der Waals surface area (Å²) in [5.74, 6) is 7.35. The number of amides is 3. The topological polar surface area (TPSA) is 140 Å². The zero-order valence-corrected chi connectivity index (χ0v) is 43.5. The molecule has 0 heterocycles. The highest BCUT2D eigenvalue weighted by Gasteiger charge is 2.45. The molecule has 4 rings (SSSR count). The maximum absolute atomic E-state index is 13.0. The van der Waals surface area contributed by atoms with Gasteiger partial charge in [0.2, 0.25) is 17.7 Å². The van der Waals surface area contributed by atoms with Crippen LogP contribution in [0.3, 0.4) is 0 Å². The third-order valence-electron chi connectivity index (χ3n) is 16.3. The quantitative estimate of drug-likeness (QED) is 0.0408. The van der Waals surface area contributed by atoms with Gasteiger partial charge < -0.3 is 25.4 Å². The van der Waals surface area contributed by atoms with Crippen molar-refractivity contribution >= 4 is 29.7 Å². The second-order valence-corrected chi connectivity index (χ2v) is 22.2. The van der Waals surface area contributed by atoms with Gasteiger partial charge in [0.25, 0.3) is 0 Å². The Morgan fingerprint density at radius 2 is 0.896 bits per heavy atom. The lowest BCUT2D eigenvalue weighted by molar-refractivity contribution is -0.150. The molecule has 4 saturated carbocycles. The molecule has 0 aromatic rings. The van der Waals surface area contributed by atoms with E-state index < -0.39 is 6.10 Å². The van der Waals surface area contributed by atoms with Gasteiger partial charge in [0.05, 0.1) is 26.1 Å². The molecule has 0 radical (unpaired) electrons. The predicted octanol–water partition coefficient (Wildman–Crippen LogP) is 12.7. The zero-order valence-electron chi connectivity index (χ0n) is 43.5. The van der Waals surface area contributed by atoms with E-state index in [2.05, 4.69) is 36.7 Å². The van der Waals surface area contributed by atoms with E-state index in [1.165, 1.54) is 141 Å². The van der Waals surface area contributed by atoms with Gasteiger partial charge in [-0.15, -0.1) is 0 Å². The van der Waals surface area contributed by atoms with Gasteiger partial charge in [-0.25, -0.2) is 0 Å². The number of esters is 2. The molecule has 0 aliphatic heterocycles. The summed E-state index contributed by atoms with van der Waals surface area (Å²) in [6.45, 7) is 7.31. The van der Waals surface area contributed by atoms with Crippen molar-refractivity contribution in [1.29, 1.82) is 0 Å². The number of rotatable bonds is 44. The lowest BCUT2D eigenvalue weighted by Crippen LogP contribution is -2.42. The number of hydrogen-bond acceptors (Lipinski definition) is 7. The molecule has 4 aliphatic carbocycles. The Hall–Kier alpha value is -2.65. The minimum atomic E-state index is -0.630. The molecule has 386 valence electrons. The number of nitrogens with one attached hydrogen (secondary N) is 3. The normalized spacial score (nSPS) is 24.3. The van der Waals surface area contributed by atoms with Crippen molar-refractivity contribution in [2.75, 3.05) is 26.7 Å². The summed E-state index contributed by atoms with van der Waals surface area (Å²) in [7, 11) is 1.54. The van der Waals surface area contributed by atoms with Crippen LogP contribution in [-0.2, 0) is 33.4 Å². The fourth-order valence-corrected chi connectivity index (χ4v) is 11.1. The Balaban J connectivity index is 1.05. The van der Waals surface area contributed by atoms with Crippen LogP contribution in [0.5, 0.6) is 0 Å². The average molecular weight is 940 g/mol. The molecule has 10 nitrogen and oxygen atoms in total. The molecule has 3 amide bonds. The van der Waals surface area contributed by atoms with Gasteiger partial charge in [0.15, 0.2) is 0 Å². The van der Waals surface area contributed by atoms with Crippen LogP contribution in [0.1, 0.15) is 245 Å². The molecule has 0 aromatic heterocycles. The van der Waals surface area contributed by atoms with E-state index in [9.17, 15) is 24.0 Å². The van der Waals surface area contributed by atoms with E-state index in [1.54, 1.807) is 7.05 Å². The Morgan fingerprint density at radius 1 is 0.463 bits per heavy atom. The second kappa shape index (κ2) is 33.8. The summed E-state index contributed by atoms with van der Waals surface area (Å²) >= 11 is 0. The Morgan fingerprint density at radius 3 is 1.34 bits per heavy atom. The van der Waals surface area contributed by atoms with Gasteiger partial charge in [0.1, 0.15) is 6.10 Å². The molecule has 67 heavy (non-hydrogen) atoms. The van der Waals surface area contributed by atoms with Crippen LogP contribution < -0.4 is 16.0 Å². The van der Waals surface area contributed by atoms with Gasteiger partial charge in [-0.05, 0) is 117 Å². The minimum absolute atomic E-state index is 0.0345. The molecule has 4 aliphatic rings. The van der Waals surface area contributed by atoms with Crippen LogP contribution >= 0.6 is 0 Å². The minimum Gasteiger partial charge on any atom is -0.465 e. The van der Waals surface area contributed by atoms with Crippen LogP contribution in [-0.4, -0.2) is 62.5 Å². The highest BCUT2D eigenvalue weighted by atomic mass is 16.5. The van der Waals surface area contributed by atoms with Crippen molar-refractivity contribution in [2.45, 2.75) is 252 Å². The summed E-state index contributed by atoms with van der Waals surface area (Å²) in [6.07, 6.45) is 38.0. The molecule has 10 heteroatoms. The van der Waals surface area contributed by atoms with Crippen LogP contribution in [0.4, 0.5) is 0 Å². The maximum Gasteiger partial charge on any atom is 0.306 e. The molecule has 4 fully saturated rings. The first kappa shape index (κ1) is 56.9. The lowest BCUT2D eigenvalue weighted by atomic mass is 9.99. The Labute approximate surface area is 409 Å². The number of ether oxygens (including phenoxy) is 2. The summed E-state index contributed by atoms with van der Waals surface area (Å²) in [5, 5.41) is 8.49. The maximum atomic E-state index is 13.0. The Bertz CT molecular complexity index is 1340. The highest BCUT2D eigenvalue weighted by Crippen LogP contribution is 2.55. The predicted molar refractivity (Wildman–Crippen MR) is 271 cm³/mol. The fourth-order valence-electron chi connectivity index (χ4n) is 11.1. The average Bonchev–Trinajstić information content (AvgIpc) is 4.16. The van der Waals surface area contributed by atoms with Gasteiger partial charge in [-0.1, -0.05) is 149 Å². The van der Waals surface area contributed by atoms with E-state index >= 15 is 0 Å². The van der Waals surface area contributed by atoms with Crippen LogP contribution in [0, 0.1) is 53.3 Å². The monoisotopic (exact) mass is 940 g/mol. The van der Waals surface area contributed by atoms with E-state index in [1.807, 2.05) is 0 Å². The number of hydrogen-bond donors (Lipinski definition) is 3. The molecule has 3 N–H and O–H groups in total. The van der Waals surface area contributed by atoms with Crippen molar-refractivity contribution in [3.63, 3.8) is 0 Å². The van der Waals surface area contributed by atoms with Crippen LogP contribution in [0.25, 0.3) is 0 Å². The van der Waals surface area contributed by atoms with Gasteiger partial charge >= 0.3 is 11.9 Å². The highest BCUT2D eigenvalue weighted by molar-refractivity contribution is 5.81. The van der Waals surface area contributed by atoms with Crippen molar-refractivity contribution in [3.05, 3.63) is 0 Å². The first-order valence-electron chi connectivity index (χ1n) is 28.7. The molecule has 0 bridgehead atoms. The molecule has 0 aromatic carbocycles. The van der Waals surface area contributed by atoms with E-state index in [0.717, 1.165) is 92.3 Å². The van der Waals surface area contributed by atoms with Gasteiger partial charge in [-0.3, -0.25) is 24.0 Å². The SMILES string of the molecule is CCCCCC1CC1CC1CC1CCCCCCCC(=O)NCC(CNC(=O)CCCCCCCC1CC1CC1CC1CCCCC)OC(=O)CCCCC(CC)COC(=O)CCC(=O)NC. The smallest absolute Gasteiger partial charge is 0.306 e. The largest absolute Gasteiger partial charge is 0.465 e. The van der Waals surface area contributed by atoms with E-state index in [4.69, 9.17) is 9.47 Å². The summed E-state index contributed by atoms with van der Waals surface area (Å²) in [4.78, 5) is 62.2. The third kappa shape index (κ3) is 26.8. The molecule has 0 spiro atoms. The van der Waals surface area contributed by atoms with Crippen molar-refractivity contribution < 1.29 is 33.4 Å². The molecule has 9 atom stereocenters. The summed E-state index contributed by atoms with van der Waals surface area (Å²) in [5.41, 5.74) is 0. The third-order valence-corrected chi connectivity index (χ3v) is 16.3. The summed E-state index contributed by atoms with van der Waals surface area (Å²) in [6, 6.07) is 0. The standard InChI is InChI=1S/C57H101N3O7/c1-5-8-16-25-44-34-48(44)38-50-36-46(50)27-18-12-10-14-20-29-54(62)59-40-52(67-57(65)31-23-22-24-43(7-3)42-66-56(64)33-32-53(61)58-4)41-60-55(63)30-21-15-11-13-19-28-47-37-51(47)39-49-35-45(49)26-17-9-6-2/h43-52H,5-42H2,1-4H3,(H,58,61)(H,59,62)(H,60,63). The first-order valence-corrected chi connectivity index (χ1v) is 28.7. The van der Waals surface area contributed by atoms with Crippen LogP contribution in [0.2, 0.25) is 0 Å². The zero-order chi connectivity index (χ0) is 48.1. The number of carbonyl (C=O) groups excluding carboxylic acids is 5. The fraction of sp³-hybridized carbons (Fsp3) is 0.912. The van der Waals surface area contributed by atoms with Crippen molar-refractivity contribution in [3.8, 4) is 0 Å². The number of carbonyl (C=O) groups is 5. The van der Waals surface area contributed by atoms with E-state index in [0.29, 0.717) is 25.9 Å². The Kier molecular flexibility index (Phi) is 28.7. The number of unbranched alkanes of at least 4 members (excludes halogenated alkanes) is 13. The van der Waals surface area contributed by atoms with Gasteiger partial charge in [-0.2, -0.15) is 0 Å². The molecular formula is C57H101N3O7. The first-order chi connectivity index (χ1) is 32.6.